The Morgan fingerprint density at radius 3 is 1.88 bits per heavy atom. The number of furan rings is 2. The Kier molecular flexibility index (Phi) is 6.63. The molecule has 0 unspecified atom stereocenters. The molecule has 13 rings (SSSR count). The zero-order valence-electron chi connectivity index (χ0n) is 31.4. The van der Waals surface area contributed by atoms with Crippen molar-refractivity contribution in [3.63, 3.8) is 0 Å². The number of aromatic nitrogens is 4. The first-order valence-electron chi connectivity index (χ1n) is 19.8. The predicted octanol–water partition coefficient (Wildman–Crippen LogP) is 14.1. The lowest BCUT2D eigenvalue weighted by molar-refractivity contribution is 0.668. The van der Waals surface area contributed by atoms with E-state index in [1.54, 1.807) is 0 Å². The molecule has 9 aromatic carbocycles. The molecule has 4 heterocycles. The molecule has 4 aromatic heterocycles. The summed E-state index contributed by atoms with van der Waals surface area (Å²) >= 11 is 0. The van der Waals surface area contributed by atoms with E-state index in [2.05, 4.69) is 120 Å². The smallest absolute Gasteiger partial charge is 0.164 e. The Labute approximate surface area is 336 Å². The van der Waals surface area contributed by atoms with Crippen molar-refractivity contribution in [3.05, 3.63) is 182 Å². The Bertz CT molecular complexity index is 3860. The molecule has 0 bridgehead atoms. The number of hydrogen-bond donors (Lipinski definition) is 0. The second-order valence-corrected chi connectivity index (χ2v) is 15.2. The molecule has 0 aliphatic heterocycles. The normalized spacial score (nSPS) is 12.1. The SMILES string of the molecule is c1ccc(-c2nc(-c3ccc4c(c3)oc3ccccc34)nc(-c3cccc4oc5cc(-n6c7cc8ccccc8cc7c7c8ccccc8ccc76)ccc5c34)n2)cc1. The van der Waals surface area contributed by atoms with Crippen molar-refractivity contribution in [2.45, 2.75) is 0 Å². The molecule has 0 N–H and O–H groups in total. The van der Waals surface area contributed by atoms with Crippen LogP contribution in [0.3, 0.4) is 0 Å². The summed E-state index contributed by atoms with van der Waals surface area (Å²) in [6.07, 6.45) is 0. The summed E-state index contributed by atoms with van der Waals surface area (Å²) in [5.74, 6) is 1.72. The summed E-state index contributed by atoms with van der Waals surface area (Å²) in [4.78, 5) is 15.3. The van der Waals surface area contributed by atoms with Gasteiger partial charge in [0.15, 0.2) is 17.5 Å². The van der Waals surface area contributed by atoms with E-state index in [4.69, 9.17) is 23.8 Å². The highest BCUT2D eigenvalue weighted by Crippen LogP contribution is 2.42. The average molecular weight is 755 g/mol. The molecule has 0 aliphatic carbocycles. The standard InChI is InChI=1S/C53H30N4O2/c1-2-12-32(13-3-1)51-54-52(35-21-24-39-38-17-8-9-19-45(38)58-47(39)29-35)56-53(55-51)41-18-10-20-46-50(41)40-25-23-36(30-48(40)59-46)57-43-26-22-31-11-6-7-16-37(31)49(43)42-27-33-14-4-5-15-34(33)28-44(42)57/h1-30H. The van der Waals surface area contributed by atoms with Crippen LogP contribution in [0.1, 0.15) is 0 Å². The zero-order valence-corrected chi connectivity index (χ0v) is 31.4. The number of rotatable bonds is 4. The van der Waals surface area contributed by atoms with Gasteiger partial charge in [0, 0.05) is 60.8 Å². The van der Waals surface area contributed by atoms with E-state index < -0.39 is 0 Å². The molecule has 0 spiro atoms. The van der Waals surface area contributed by atoms with Crippen molar-refractivity contribution < 1.29 is 8.83 Å². The van der Waals surface area contributed by atoms with Crippen LogP contribution >= 0.6 is 0 Å². The van der Waals surface area contributed by atoms with E-state index in [-0.39, 0.29) is 0 Å². The third kappa shape index (κ3) is 4.84. The average Bonchev–Trinajstić information content (AvgIpc) is 3.97. The monoisotopic (exact) mass is 754 g/mol. The van der Waals surface area contributed by atoms with Crippen LogP contribution in [0.5, 0.6) is 0 Å². The van der Waals surface area contributed by atoms with Crippen molar-refractivity contribution in [2.24, 2.45) is 0 Å². The Balaban J connectivity index is 1.02. The summed E-state index contributed by atoms with van der Waals surface area (Å²) in [5.41, 5.74) is 9.14. The summed E-state index contributed by atoms with van der Waals surface area (Å²) in [6.45, 7) is 0. The summed E-state index contributed by atoms with van der Waals surface area (Å²) < 4.78 is 15.4. The van der Waals surface area contributed by atoms with Gasteiger partial charge in [-0.25, -0.2) is 15.0 Å². The Morgan fingerprint density at radius 1 is 0.339 bits per heavy atom. The fourth-order valence-corrected chi connectivity index (χ4v) is 9.10. The molecule has 6 nitrogen and oxygen atoms in total. The molecule has 274 valence electrons. The van der Waals surface area contributed by atoms with Gasteiger partial charge in [0.05, 0.1) is 11.0 Å². The van der Waals surface area contributed by atoms with Crippen LogP contribution in [0.2, 0.25) is 0 Å². The van der Waals surface area contributed by atoms with Gasteiger partial charge in [0.25, 0.3) is 0 Å². The van der Waals surface area contributed by atoms with Crippen LogP contribution in [-0.2, 0) is 0 Å². The molecule has 0 aliphatic rings. The minimum atomic E-state index is 0.565. The van der Waals surface area contributed by atoms with Gasteiger partial charge in [0.2, 0.25) is 0 Å². The van der Waals surface area contributed by atoms with Gasteiger partial charge >= 0.3 is 0 Å². The lowest BCUT2D eigenvalue weighted by atomic mass is 10.0. The molecule has 13 aromatic rings. The van der Waals surface area contributed by atoms with Gasteiger partial charge in [-0.3, -0.25) is 0 Å². The Hall–Kier alpha value is -8.09. The molecule has 0 saturated heterocycles. The van der Waals surface area contributed by atoms with E-state index in [0.717, 1.165) is 77.3 Å². The highest BCUT2D eigenvalue weighted by Gasteiger charge is 2.21. The lowest BCUT2D eigenvalue weighted by Gasteiger charge is -2.10. The van der Waals surface area contributed by atoms with E-state index in [0.29, 0.717) is 17.5 Å². The second kappa shape index (κ2) is 12.2. The largest absolute Gasteiger partial charge is 0.456 e. The summed E-state index contributed by atoms with van der Waals surface area (Å²) in [5, 5.41) is 11.4. The number of nitrogens with zero attached hydrogens (tertiary/aromatic N) is 4. The third-order valence-corrected chi connectivity index (χ3v) is 11.8. The highest BCUT2D eigenvalue weighted by molar-refractivity contribution is 6.23. The van der Waals surface area contributed by atoms with E-state index >= 15 is 0 Å². The van der Waals surface area contributed by atoms with Gasteiger partial charge in [-0.15, -0.1) is 0 Å². The van der Waals surface area contributed by atoms with Crippen molar-refractivity contribution in [1.82, 2.24) is 19.5 Å². The van der Waals surface area contributed by atoms with Crippen LogP contribution in [0.4, 0.5) is 0 Å². The number of hydrogen-bond acceptors (Lipinski definition) is 5. The van der Waals surface area contributed by atoms with Crippen LogP contribution < -0.4 is 0 Å². The quantitative estimate of drug-likeness (QED) is 0.179. The zero-order chi connectivity index (χ0) is 38.6. The van der Waals surface area contributed by atoms with Gasteiger partial charge in [-0.1, -0.05) is 121 Å². The maximum absolute atomic E-state index is 6.73. The van der Waals surface area contributed by atoms with E-state index in [9.17, 15) is 0 Å². The molecular weight excluding hydrogens is 725 g/mol. The minimum Gasteiger partial charge on any atom is -0.456 e. The first-order valence-corrected chi connectivity index (χ1v) is 19.8. The fourth-order valence-electron chi connectivity index (χ4n) is 9.10. The van der Waals surface area contributed by atoms with Gasteiger partial charge < -0.3 is 13.4 Å². The number of fused-ring (bicyclic) bond motifs is 12. The van der Waals surface area contributed by atoms with Gasteiger partial charge in [-0.2, -0.15) is 0 Å². The first-order chi connectivity index (χ1) is 29.2. The molecule has 59 heavy (non-hydrogen) atoms. The molecular formula is C53H30N4O2. The van der Waals surface area contributed by atoms with E-state index in [1.807, 2.05) is 66.7 Å². The third-order valence-electron chi connectivity index (χ3n) is 11.8. The minimum absolute atomic E-state index is 0.565. The summed E-state index contributed by atoms with van der Waals surface area (Å²) in [7, 11) is 0. The fraction of sp³-hybridized carbons (Fsp3) is 0. The number of benzene rings is 9. The molecule has 0 atom stereocenters. The summed E-state index contributed by atoms with van der Waals surface area (Å²) in [6, 6.07) is 63.4. The van der Waals surface area contributed by atoms with Crippen LogP contribution in [0.25, 0.3) is 127 Å². The van der Waals surface area contributed by atoms with Crippen molar-refractivity contribution >= 4 is 87.2 Å². The van der Waals surface area contributed by atoms with Crippen LogP contribution in [-0.4, -0.2) is 19.5 Å². The van der Waals surface area contributed by atoms with E-state index in [1.165, 1.54) is 32.3 Å². The second-order valence-electron chi connectivity index (χ2n) is 15.2. The topological polar surface area (TPSA) is 69.9 Å². The van der Waals surface area contributed by atoms with Crippen molar-refractivity contribution in [2.75, 3.05) is 0 Å². The van der Waals surface area contributed by atoms with Crippen molar-refractivity contribution in [3.8, 4) is 39.9 Å². The highest BCUT2D eigenvalue weighted by atomic mass is 16.3. The van der Waals surface area contributed by atoms with Gasteiger partial charge in [-0.05, 0) is 76.1 Å². The molecule has 0 amide bonds. The maximum Gasteiger partial charge on any atom is 0.164 e. The van der Waals surface area contributed by atoms with Gasteiger partial charge in [0.1, 0.15) is 22.3 Å². The first kappa shape index (κ1) is 32.0. The maximum atomic E-state index is 6.73. The molecule has 0 fully saturated rings. The lowest BCUT2D eigenvalue weighted by Crippen LogP contribution is -2.00. The van der Waals surface area contributed by atoms with Crippen LogP contribution in [0.15, 0.2) is 191 Å². The molecule has 6 heteroatoms. The van der Waals surface area contributed by atoms with Crippen LogP contribution in [0, 0.1) is 0 Å². The molecule has 0 saturated carbocycles. The van der Waals surface area contributed by atoms with Crippen molar-refractivity contribution in [1.29, 1.82) is 0 Å². The Morgan fingerprint density at radius 2 is 1.00 bits per heavy atom. The number of para-hydroxylation sites is 1. The predicted molar refractivity (Wildman–Crippen MR) is 240 cm³/mol. The molecule has 0 radical (unpaired) electrons.